The molecule has 0 aliphatic rings. The molecule has 0 bridgehead atoms. The number of aromatic nitrogens is 2. The van der Waals surface area contributed by atoms with Crippen LogP contribution in [-0.4, -0.2) is 29.5 Å². The monoisotopic (exact) mass is 581 g/mol. The van der Waals surface area contributed by atoms with Gasteiger partial charge in [0.25, 0.3) is 0 Å². The van der Waals surface area contributed by atoms with Crippen molar-refractivity contribution in [3.8, 4) is 23.6 Å². The molecule has 1 aromatic heterocycles. The molecule has 4 aromatic rings. The lowest BCUT2D eigenvalue weighted by Gasteiger charge is -2.26. The number of methoxy groups -OCH3 is 1. The average molecular weight is 582 g/mol. The second-order valence-electron chi connectivity index (χ2n) is 10.2. The number of carbonyl (C=O) groups excluding carboxylic acids is 1. The Labute approximate surface area is 251 Å². The molecule has 0 fully saturated rings. The molecular weight excluding hydrogens is 550 g/mol. The number of hydrogen-bond acceptors (Lipinski definition) is 7. The second kappa shape index (κ2) is 12.8. The Hall–Kier alpha value is -4.79. The van der Waals surface area contributed by atoms with Crippen LogP contribution in [0.25, 0.3) is 5.69 Å². The van der Waals surface area contributed by atoms with Gasteiger partial charge in [0.05, 0.1) is 48.7 Å². The fraction of sp³-hybridized carbons (Fsp3) is 0.273. The highest BCUT2D eigenvalue weighted by atomic mass is 35.5. The normalized spacial score (nSPS) is 11.5. The molecule has 0 saturated carbocycles. The minimum absolute atomic E-state index is 0.130. The van der Waals surface area contributed by atoms with Gasteiger partial charge in [-0.15, -0.1) is 0 Å². The van der Waals surface area contributed by atoms with E-state index in [0.29, 0.717) is 33.1 Å². The van der Waals surface area contributed by atoms with Crippen LogP contribution in [0.2, 0.25) is 5.02 Å². The third-order valence-corrected chi connectivity index (χ3v) is 7.24. The molecule has 1 atom stereocenters. The van der Waals surface area contributed by atoms with E-state index >= 15 is 0 Å². The van der Waals surface area contributed by atoms with Crippen LogP contribution in [0, 0.1) is 36.5 Å². The van der Waals surface area contributed by atoms with Gasteiger partial charge in [-0.25, -0.2) is 9.48 Å². The van der Waals surface area contributed by atoms with Crippen LogP contribution in [0.1, 0.15) is 82.3 Å². The summed E-state index contributed by atoms with van der Waals surface area (Å²) in [4.78, 5) is 13.6. The van der Waals surface area contributed by atoms with Crippen molar-refractivity contribution in [1.82, 2.24) is 9.78 Å². The van der Waals surface area contributed by atoms with Crippen LogP contribution in [0.15, 0.2) is 54.6 Å². The Bertz CT molecular complexity index is 1730. The summed E-state index contributed by atoms with van der Waals surface area (Å²) in [6.07, 6.45) is 0. The zero-order valence-electron chi connectivity index (χ0n) is 24.4. The predicted molar refractivity (Wildman–Crippen MR) is 162 cm³/mol. The number of carbonyl (C=O) groups is 1. The zero-order valence-corrected chi connectivity index (χ0v) is 25.2. The fourth-order valence-corrected chi connectivity index (χ4v) is 5.19. The van der Waals surface area contributed by atoms with Gasteiger partial charge in [-0.1, -0.05) is 37.6 Å². The quantitative estimate of drug-likeness (QED) is 0.205. The molecule has 3 aromatic carbocycles. The molecule has 1 heterocycles. The minimum atomic E-state index is -0.592. The van der Waals surface area contributed by atoms with Gasteiger partial charge in [0.15, 0.2) is 5.69 Å². The van der Waals surface area contributed by atoms with E-state index in [-0.39, 0.29) is 18.2 Å². The van der Waals surface area contributed by atoms with Gasteiger partial charge in [0.1, 0.15) is 11.4 Å². The lowest BCUT2D eigenvalue weighted by atomic mass is 9.89. The van der Waals surface area contributed by atoms with E-state index in [9.17, 15) is 15.3 Å². The van der Waals surface area contributed by atoms with Crippen LogP contribution in [-0.2, 0) is 4.74 Å². The summed E-state index contributed by atoms with van der Waals surface area (Å²) >= 11 is 6.41. The van der Waals surface area contributed by atoms with Gasteiger partial charge < -0.3 is 14.8 Å². The Morgan fingerprint density at radius 2 is 1.71 bits per heavy atom. The van der Waals surface area contributed by atoms with Crippen LogP contribution >= 0.6 is 11.6 Å². The highest BCUT2D eigenvalue weighted by Crippen LogP contribution is 2.40. The third kappa shape index (κ3) is 5.95. The van der Waals surface area contributed by atoms with Crippen LogP contribution in [0.3, 0.4) is 0 Å². The number of esters is 1. The summed E-state index contributed by atoms with van der Waals surface area (Å²) in [7, 11) is 1.54. The van der Waals surface area contributed by atoms with Crippen molar-refractivity contribution in [3.63, 3.8) is 0 Å². The molecular formula is C33H32ClN5O3. The maximum absolute atomic E-state index is 13.6. The van der Waals surface area contributed by atoms with E-state index in [4.69, 9.17) is 26.2 Å². The first-order valence-corrected chi connectivity index (χ1v) is 13.9. The Morgan fingerprint density at radius 3 is 2.33 bits per heavy atom. The first-order chi connectivity index (χ1) is 20.1. The van der Waals surface area contributed by atoms with Gasteiger partial charge in [-0.2, -0.15) is 15.6 Å². The molecule has 214 valence electrons. The Morgan fingerprint density at radius 1 is 1.02 bits per heavy atom. The van der Waals surface area contributed by atoms with E-state index in [1.54, 1.807) is 43.0 Å². The molecule has 1 unspecified atom stereocenters. The van der Waals surface area contributed by atoms with Gasteiger partial charge in [-0.3, -0.25) is 0 Å². The zero-order chi connectivity index (χ0) is 30.6. The number of halogens is 1. The van der Waals surface area contributed by atoms with Crippen molar-refractivity contribution in [2.24, 2.45) is 0 Å². The van der Waals surface area contributed by atoms with Gasteiger partial charge in [0.2, 0.25) is 0 Å². The number of nitriles is 2. The fourth-order valence-electron chi connectivity index (χ4n) is 5.02. The first kappa shape index (κ1) is 30.2. The summed E-state index contributed by atoms with van der Waals surface area (Å²) < 4.78 is 12.8. The molecule has 0 aliphatic carbocycles. The van der Waals surface area contributed by atoms with Crippen LogP contribution < -0.4 is 10.1 Å². The number of hydrogen-bond donors (Lipinski definition) is 1. The lowest BCUT2D eigenvalue weighted by molar-refractivity contribution is 0.0517. The minimum Gasteiger partial charge on any atom is -0.494 e. The molecule has 9 heteroatoms. The smallest absolute Gasteiger partial charge is 0.359 e. The predicted octanol–water partition coefficient (Wildman–Crippen LogP) is 7.40. The van der Waals surface area contributed by atoms with E-state index in [0.717, 1.165) is 28.1 Å². The van der Waals surface area contributed by atoms with Crippen molar-refractivity contribution in [3.05, 3.63) is 104 Å². The number of nitrogens with zero attached hydrogens (tertiary/aromatic N) is 4. The second-order valence-corrected chi connectivity index (χ2v) is 10.6. The number of anilines is 1. The largest absolute Gasteiger partial charge is 0.494 e. The molecule has 0 radical (unpaired) electrons. The molecule has 0 aliphatic heterocycles. The average Bonchev–Trinajstić information content (AvgIpc) is 3.38. The summed E-state index contributed by atoms with van der Waals surface area (Å²) in [5.41, 5.74) is 6.36. The molecule has 0 spiro atoms. The summed E-state index contributed by atoms with van der Waals surface area (Å²) in [5.74, 6) is -0.218. The first-order valence-electron chi connectivity index (χ1n) is 13.5. The summed E-state index contributed by atoms with van der Waals surface area (Å²) in [6, 6.07) is 19.9. The maximum atomic E-state index is 13.6. The molecule has 0 amide bonds. The number of ether oxygens (including phenoxy) is 2. The Kier molecular flexibility index (Phi) is 9.20. The van der Waals surface area contributed by atoms with E-state index in [2.05, 4.69) is 17.5 Å². The van der Waals surface area contributed by atoms with E-state index in [1.807, 2.05) is 58.0 Å². The summed E-state index contributed by atoms with van der Waals surface area (Å²) in [6.45, 7) is 9.83. The molecule has 0 saturated heterocycles. The van der Waals surface area contributed by atoms with Crippen molar-refractivity contribution >= 4 is 23.3 Å². The van der Waals surface area contributed by atoms with Crippen molar-refractivity contribution < 1.29 is 14.3 Å². The molecule has 42 heavy (non-hydrogen) atoms. The summed E-state index contributed by atoms with van der Waals surface area (Å²) in [5, 5.41) is 28.2. The SMILES string of the molecule is CCOC(=O)c1nn(-c2cc(C#N)ccc2OC)c(C(C)C)c1C(Nc1cc(Cl)ccc1C)c1ccc(C#N)cc1C. The number of nitrogens with one attached hydrogen (secondary N) is 1. The van der Waals surface area contributed by atoms with Gasteiger partial charge in [-0.05, 0) is 85.8 Å². The molecule has 8 nitrogen and oxygen atoms in total. The van der Waals surface area contributed by atoms with Crippen LogP contribution in [0.4, 0.5) is 5.69 Å². The van der Waals surface area contributed by atoms with Crippen molar-refractivity contribution in [1.29, 1.82) is 10.5 Å². The standard InChI is InChI=1S/C33H32ClN5O3/c1-7-42-33(40)31-29(32(19(2)3)39(38-31)27-15-23(18-36)10-13-28(27)41-6)30(25-12-9-22(17-35)14-21(25)5)37-26-16-24(34)11-8-20(26)4/h8-16,19,30,37H,7H2,1-6H3. The molecule has 1 N–H and O–H groups in total. The van der Waals surface area contributed by atoms with E-state index in [1.165, 1.54) is 0 Å². The highest BCUT2D eigenvalue weighted by molar-refractivity contribution is 6.30. The number of benzene rings is 3. The third-order valence-electron chi connectivity index (χ3n) is 7.01. The van der Waals surface area contributed by atoms with Gasteiger partial charge >= 0.3 is 5.97 Å². The number of rotatable bonds is 9. The topological polar surface area (TPSA) is 113 Å². The maximum Gasteiger partial charge on any atom is 0.359 e. The number of aryl methyl sites for hydroxylation is 2. The highest BCUT2D eigenvalue weighted by Gasteiger charge is 2.34. The lowest BCUT2D eigenvalue weighted by Crippen LogP contribution is -2.20. The van der Waals surface area contributed by atoms with Crippen molar-refractivity contribution in [2.75, 3.05) is 19.0 Å². The molecule has 4 rings (SSSR count). The van der Waals surface area contributed by atoms with Crippen molar-refractivity contribution in [2.45, 2.75) is 46.6 Å². The van der Waals surface area contributed by atoms with Crippen LogP contribution in [0.5, 0.6) is 5.75 Å². The van der Waals surface area contributed by atoms with E-state index < -0.39 is 12.0 Å². The Balaban J connectivity index is 2.12. The van der Waals surface area contributed by atoms with Gasteiger partial charge in [0, 0.05) is 16.3 Å².